The molecule has 42 heavy (non-hydrogen) atoms. The fourth-order valence-corrected chi connectivity index (χ4v) is 5.70. The molecule has 4 N–H and O–H groups in total. The van der Waals surface area contributed by atoms with Crippen LogP contribution in [0.1, 0.15) is 30.9 Å². The quantitative estimate of drug-likeness (QED) is 0.247. The first-order valence-electron chi connectivity index (χ1n) is 13.0. The van der Waals surface area contributed by atoms with E-state index in [1.807, 2.05) is 4.90 Å². The summed E-state index contributed by atoms with van der Waals surface area (Å²) in [6.07, 6.45) is -5.54. The molecule has 2 atom stereocenters. The number of hydrogen-bond donors (Lipinski definition) is 3. The summed E-state index contributed by atoms with van der Waals surface area (Å²) in [6.45, 7) is 1.56. The first kappa shape index (κ1) is 29.3. The number of carboxylic acid groups (broad SMARTS) is 1. The lowest BCUT2D eigenvalue weighted by Gasteiger charge is -2.39. The number of anilines is 2. The zero-order valence-electron chi connectivity index (χ0n) is 22.0. The van der Waals surface area contributed by atoms with Crippen LogP contribution in [-0.2, 0) is 4.79 Å². The van der Waals surface area contributed by atoms with E-state index in [-0.39, 0.29) is 38.8 Å². The number of benzene rings is 2. The normalized spacial score (nSPS) is 19.0. The lowest BCUT2D eigenvalue weighted by Crippen LogP contribution is -2.41. The fourth-order valence-electron chi connectivity index (χ4n) is 5.53. The van der Waals surface area contributed by atoms with Gasteiger partial charge in [0.15, 0.2) is 0 Å². The van der Waals surface area contributed by atoms with Gasteiger partial charge in [-0.05, 0) is 60.1 Å². The Morgan fingerprint density at radius 3 is 2.48 bits per heavy atom. The van der Waals surface area contributed by atoms with Gasteiger partial charge in [-0.2, -0.15) is 23.1 Å². The van der Waals surface area contributed by atoms with Gasteiger partial charge in [-0.3, -0.25) is 14.9 Å². The van der Waals surface area contributed by atoms with E-state index in [1.165, 1.54) is 48.5 Å². The minimum absolute atomic E-state index is 0.0770. The summed E-state index contributed by atoms with van der Waals surface area (Å²) in [7, 11) is 0. The number of nitrogen functional groups attached to an aromatic ring is 1. The van der Waals surface area contributed by atoms with E-state index >= 15 is 0 Å². The van der Waals surface area contributed by atoms with Crippen LogP contribution in [0.25, 0.3) is 11.1 Å². The number of carbonyl (C=O) groups is 1. The number of nitrogens with one attached hydrogen (secondary N) is 1. The van der Waals surface area contributed by atoms with Crippen LogP contribution in [-0.4, -0.2) is 57.8 Å². The number of carboxylic acids is 1. The van der Waals surface area contributed by atoms with Crippen molar-refractivity contribution in [3.05, 3.63) is 69.2 Å². The van der Waals surface area contributed by atoms with Crippen LogP contribution in [0, 0.1) is 15.5 Å². The van der Waals surface area contributed by atoms with Crippen molar-refractivity contribution in [2.75, 3.05) is 30.3 Å². The fraction of sp³-hybridized carbons (Fsp3) is 0.370. The van der Waals surface area contributed by atoms with Gasteiger partial charge < -0.3 is 25.8 Å². The molecule has 1 spiro atoms. The zero-order valence-corrected chi connectivity index (χ0v) is 22.7. The molecule has 0 amide bonds. The number of aliphatic carboxylic acids is 1. The second-order valence-electron chi connectivity index (χ2n) is 10.5. The number of ether oxygens (including phenoxy) is 1. The van der Waals surface area contributed by atoms with Crippen molar-refractivity contribution in [3.63, 3.8) is 0 Å². The SMILES string of the molecule is Nc1nc(OC(c2ccc(Cl)cc2-c2ccc([N+](=O)[O-])cc2)C(F)(F)F)cc(N2CCC3(CC2)CNC(C(=O)O)C3)n1. The van der Waals surface area contributed by atoms with E-state index in [2.05, 4.69) is 15.3 Å². The number of non-ortho nitro benzene ring substituents is 1. The predicted octanol–water partition coefficient (Wildman–Crippen LogP) is 5.00. The molecule has 2 saturated heterocycles. The molecule has 3 heterocycles. The van der Waals surface area contributed by atoms with Crippen LogP contribution in [0.4, 0.5) is 30.6 Å². The Kier molecular flexibility index (Phi) is 7.86. The van der Waals surface area contributed by atoms with Crippen molar-refractivity contribution in [1.29, 1.82) is 0 Å². The van der Waals surface area contributed by atoms with Gasteiger partial charge in [-0.1, -0.05) is 17.7 Å². The lowest BCUT2D eigenvalue weighted by molar-refractivity contribution is -0.384. The highest BCUT2D eigenvalue weighted by Gasteiger charge is 2.46. The Hall–Kier alpha value is -4.17. The van der Waals surface area contributed by atoms with Gasteiger partial charge >= 0.3 is 12.1 Å². The van der Waals surface area contributed by atoms with E-state index in [4.69, 9.17) is 22.1 Å². The molecule has 0 radical (unpaired) electrons. The molecule has 2 aliphatic heterocycles. The van der Waals surface area contributed by atoms with Crippen LogP contribution in [0.3, 0.4) is 0 Å². The van der Waals surface area contributed by atoms with Crippen LogP contribution in [0.15, 0.2) is 48.5 Å². The number of aromatic nitrogens is 2. The van der Waals surface area contributed by atoms with Gasteiger partial charge in [-0.25, -0.2) is 0 Å². The summed E-state index contributed by atoms with van der Waals surface area (Å²) in [5.41, 5.74) is 5.55. The molecule has 2 fully saturated rings. The molecule has 3 aromatic rings. The molecule has 2 unspecified atom stereocenters. The average Bonchev–Trinajstić information content (AvgIpc) is 3.35. The highest BCUT2D eigenvalue weighted by molar-refractivity contribution is 6.30. The van der Waals surface area contributed by atoms with Gasteiger partial charge in [0.1, 0.15) is 11.9 Å². The molecule has 15 heteroatoms. The maximum atomic E-state index is 14.5. The molecule has 5 rings (SSSR count). The molecule has 0 aliphatic carbocycles. The maximum absolute atomic E-state index is 14.5. The van der Waals surface area contributed by atoms with E-state index < -0.39 is 35.1 Å². The molecule has 0 bridgehead atoms. The van der Waals surface area contributed by atoms with Crippen molar-refractivity contribution in [1.82, 2.24) is 15.3 Å². The summed E-state index contributed by atoms with van der Waals surface area (Å²) in [4.78, 5) is 31.8. The Morgan fingerprint density at radius 1 is 1.19 bits per heavy atom. The first-order valence-corrected chi connectivity index (χ1v) is 13.3. The van der Waals surface area contributed by atoms with Crippen molar-refractivity contribution in [3.8, 4) is 17.0 Å². The van der Waals surface area contributed by atoms with Crippen LogP contribution < -0.4 is 20.7 Å². The number of rotatable bonds is 7. The third-order valence-electron chi connectivity index (χ3n) is 7.74. The molecular formula is C27H26ClF3N6O5. The summed E-state index contributed by atoms with van der Waals surface area (Å²) in [5.74, 6) is -1.26. The predicted molar refractivity (Wildman–Crippen MR) is 147 cm³/mol. The number of nitro groups is 1. The summed E-state index contributed by atoms with van der Waals surface area (Å²) >= 11 is 6.12. The number of nitrogens with two attached hydrogens (primary N) is 1. The Bertz CT molecular complexity index is 1500. The third kappa shape index (κ3) is 6.19. The first-order chi connectivity index (χ1) is 19.8. The van der Waals surface area contributed by atoms with Crippen molar-refractivity contribution in [2.24, 2.45) is 5.41 Å². The largest absolute Gasteiger partial charge is 0.480 e. The molecule has 2 aliphatic rings. The minimum atomic E-state index is -4.89. The number of piperidine rings is 1. The number of alkyl halides is 3. The van der Waals surface area contributed by atoms with E-state index in [0.29, 0.717) is 44.7 Å². The van der Waals surface area contributed by atoms with E-state index in [0.717, 1.165) is 0 Å². The molecular weight excluding hydrogens is 581 g/mol. The second kappa shape index (κ2) is 11.2. The monoisotopic (exact) mass is 606 g/mol. The van der Waals surface area contributed by atoms with Crippen molar-refractivity contribution in [2.45, 2.75) is 37.6 Å². The standard InChI is InChI=1S/C27H26ClF3N6O5/c28-16-3-6-18(19(11-16)15-1-4-17(5-2-15)37(40)41)23(27(29,30)31)42-22-12-21(34-25(32)35-22)36-9-7-26(8-10-36)13-20(24(38)39)33-14-26/h1-6,11-12,20,23,33H,7-10,13-14H2,(H,38,39)(H2,32,34,35). The third-order valence-corrected chi connectivity index (χ3v) is 7.97. The summed E-state index contributed by atoms with van der Waals surface area (Å²) < 4.78 is 48.9. The molecule has 222 valence electrons. The van der Waals surface area contributed by atoms with Gasteiger partial charge in [0.25, 0.3) is 5.69 Å². The van der Waals surface area contributed by atoms with Gasteiger partial charge in [0.05, 0.1) is 4.92 Å². The van der Waals surface area contributed by atoms with Gasteiger partial charge in [0.2, 0.25) is 17.9 Å². The maximum Gasteiger partial charge on any atom is 0.429 e. The van der Waals surface area contributed by atoms with Crippen LogP contribution in [0.5, 0.6) is 5.88 Å². The Balaban J connectivity index is 1.41. The average molecular weight is 607 g/mol. The number of nitrogens with zero attached hydrogens (tertiary/aromatic N) is 4. The molecule has 1 aromatic heterocycles. The van der Waals surface area contributed by atoms with Gasteiger partial charge in [-0.15, -0.1) is 0 Å². The van der Waals surface area contributed by atoms with Crippen molar-refractivity contribution < 1.29 is 32.7 Å². The van der Waals surface area contributed by atoms with Crippen LogP contribution in [0.2, 0.25) is 5.02 Å². The number of hydrogen-bond acceptors (Lipinski definition) is 9. The van der Waals surface area contributed by atoms with Crippen LogP contribution >= 0.6 is 11.6 Å². The summed E-state index contributed by atoms with van der Waals surface area (Å²) in [5, 5.41) is 23.6. The van der Waals surface area contributed by atoms with E-state index in [1.54, 1.807) is 0 Å². The molecule has 0 saturated carbocycles. The zero-order chi connectivity index (χ0) is 30.2. The van der Waals surface area contributed by atoms with E-state index in [9.17, 15) is 33.2 Å². The van der Waals surface area contributed by atoms with Crippen molar-refractivity contribution >= 4 is 35.0 Å². The highest BCUT2D eigenvalue weighted by Crippen LogP contribution is 2.43. The number of nitro benzene ring substituents is 1. The topological polar surface area (TPSA) is 157 Å². The second-order valence-corrected chi connectivity index (χ2v) is 10.9. The van der Waals surface area contributed by atoms with Gasteiger partial charge in [0, 0.05) is 48.4 Å². The molecule has 11 nitrogen and oxygen atoms in total. The Labute approximate surface area is 242 Å². The summed E-state index contributed by atoms with van der Waals surface area (Å²) in [6, 6.07) is 9.55. The smallest absolute Gasteiger partial charge is 0.429 e. The minimum Gasteiger partial charge on any atom is -0.480 e. The number of halogens is 4. The highest BCUT2D eigenvalue weighted by atomic mass is 35.5. The molecule has 2 aromatic carbocycles. The Morgan fingerprint density at radius 2 is 1.88 bits per heavy atom. The lowest BCUT2D eigenvalue weighted by atomic mass is 9.76.